The number of carbonyl (C=O) groups is 1. The number of terminal acetylenes is 1. The Labute approximate surface area is 157 Å². The number of carbonyl (C=O) groups excluding carboxylic acids is 1. The summed E-state index contributed by atoms with van der Waals surface area (Å²) in [6.07, 6.45) is 7.05. The molecule has 0 saturated carbocycles. The second kappa shape index (κ2) is 8.41. The number of thioether (sulfide) groups is 1. The molecule has 2 aromatic carbocycles. The SMILES string of the molecule is C#CCOc1ccc(/C=C2/SC(=Nc3ccccc3)N(CC)C2=O)cc1. The summed E-state index contributed by atoms with van der Waals surface area (Å²) in [5.74, 6) is 3.11. The molecule has 3 rings (SSSR count). The van der Waals surface area contributed by atoms with Crippen molar-refractivity contribution in [3.05, 3.63) is 65.1 Å². The summed E-state index contributed by atoms with van der Waals surface area (Å²) in [6, 6.07) is 17.1. The predicted molar refractivity (Wildman–Crippen MR) is 107 cm³/mol. The smallest absolute Gasteiger partial charge is 0.266 e. The lowest BCUT2D eigenvalue weighted by molar-refractivity contribution is -0.122. The normalized spacial score (nSPS) is 16.9. The van der Waals surface area contributed by atoms with Crippen molar-refractivity contribution >= 4 is 34.6 Å². The van der Waals surface area contributed by atoms with Crippen LogP contribution < -0.4 is 4.74 Å². The highest BCUT2D eigenvalue weighted by molar-refractivity contribution is 8.18. The number of benzene rings is 2. The molecule has 0 N–H and O–H groups in total. The van der Waals surface area contributed by atoms with E-state index in [-0.39, 0.29) is 12.5 Å². The van der Waals surface area contributed by atoms with Crippen LogP contribution >= 0.6 is 11.8 Å². The lowest BCUT2D eigenvalue weighted by Gasteiger charge is -2.11. The standard InChI is InChI=1S/C21H18N2O2S/c1-3-14-25-18-12-10-16(11-13-18)15-19-20(24)23(4-2)21(26-19)22-17-8-6-5-7-9-17/h1,5-13,15H,4,14H2,2H3/b19-15+,22-21?. The average molecular weight is 362 g/mol. The second-order valence-corrected chi connectivity index (χ2v) is 6.46. The third kappa shape index (κ3) is 4.16. The van der Waals surface area contributed by atoms with Gasteiger partial charge in [-0.2, -0.15) is 0 Å². The molecular weight excluding hydrogens is 344 g/mol. The summed E-state index contributed by atoms with van der Waals surface area (Å²) in [7, 11) is 0. The van der Waals surface area contributed by atoms with E-state index in [4.69, 9.17) is 11.2 Å². The highest BCUT2D eigenvalue weighted by atomic mass is 32.2. The fourth-order valence-corrected chi connectivity index (χ4v) is 3.48. The molecule has 4 nitrogen and oxygen atoms in total. The van der Waals surface area contributed by atoms with Crippen LogP contribution in [0.25, 0.3) is 6.08 Å². The third-order valence-corrected chi connectivity index (χ3v) is 4.69. The number of amidine groups is 1. The average Bonchev–Trinajstić information content (AvgIpc) is 2.96. The van der Waals surface area contributed by atoms with Crippen LogP contribution in [0.4, 0.5) is 5.69 Å². The van der Waals surface area contributed by atoms with E-state index in [2.05, 4.69) is 10.9 Å². The maximum atomic E-state index is 12.7. The minimum atomic E-state index is -0.0279. The molecule has 0 unspecified atom stereocenters. The van der Waals surface area contributed by atoms with Gasteiger partial charge in [0.2, 0.25) is 0 Å². The predicted octanol–water partition coefficient (Wildman–Crippen LogP) is 4.32. The monoisotopic (exact) mass is 362 g/mol. The van der Waals surface area contributed by atoms with Crippen LogP contribution in [0, 0.1) is 12.3 Å². The Kier molecular flexibility index (Phi) is 5.77. The van der Waals surface area contributed by atoms with Crippen LogP contribution in [0.1, 0.15) is 12.5 Å². The molecule has 0 aliphatic carbocycles. The molecule has 1 aliphatic heterocycles. The molecule has 2 aromatic rings. The van der Waals surface area contributed by atoms with E-state index < -0.39 is 0 Å². The summed E-state index contributed by atoms with van der Waals surface area (Å²) < 4.78 is 5.36. The van der Waals surface area contributed by atoms with E-state index in [0.717, 1.165) is 11.3 Å². The molecular formula is C21H18N2O2S. The van der Waals surface area contributed by atoms with Gasteiger partial charge in [0, 0.05) is 6.54 Å². The highest BCUT2D eigenvalue weighted by Crippen LogP contribution is 2.34. The molecule has 1 fully saturated rings. The molecule has 1 saturated heterocycles. The number of ether oxygens (including phenoxy) is 1. The number of amides is 1. The lowest BCUT2D eigenvalue weighted by Crippen LogP contribution is -2.28. The molecule has 1 heterocycles. The van der Waals surface area contributed by atoms with E-state index in [1.807, 2.05) is 67.6 Å². The van der Waals surface area contributed by atoms with Crippen molar-refractivity contribution in [2.75, 3.05) is 13.2 Å². The molecule has 130 valence electrons. The van der Waals surface area contributed by atoms with Gasteiger partial charge in [0.1, 0.15) is 12.4 Å². The molecule has 5 heteroatoms. The molecule has 26 heavy (non-hydrogen) atoms. The fourth-order valence-electron chi connectivity index (χ4n) is 2.42. The van der Waals surface area contributed by atoms with Crippen LogP contribution in [0.5, 0.6) is 5.75 Å². The van der Waals surface area contributed by atoms with Crippen LogP contribution in [0.15, 0.2) is 64.5 Å². The number of hydrogen-bond acceptors (Lipinski definition) is 4. The Morgan fingerprint density at radius 1 is 1.19 bits per heavy atom. The first kappa shape index (κ1) is 17.8. The van der Waals surface area contributed by atoms with Crippen LogP contribution in [-0.4, -0.2) is 29.1 Å². The molecule has 0 spiro atoms. The van der Waals surface area contributed by atoms with Crippen LogP contribution in [-0.2, 0) is 4.79 Å². The number of para-hydroxylation sites is 1. The van der Waals surface area contributed by atoms with Crippen molar-refractivity contribution in [1.82, 2.24) is 4.90 Å². The molecule has 1 amide bonds. The zero-order chi connectivity index (χ0) is 18.4. The van der Waals surface area contributed by atoms with Gasteiger partial charge in [-0.3, -0.25) is 9.69 Å². The maximum absolute atomic E-state index is 12.7. The van der Waals surface area contributed by atoms with E-state index in [9.17, 15) is 4.79 Å². The highest BCUT2D eigenvalue weighted by Gasteiger charge is 2.32. The zero-order valence-electron chi connectivity index (χ0n) is 14.4. The van der Waals surface area contributed by atoms with Gasteiger partial charge in [-0.1, -0.05) is 36.3 Å². The van der Waals surface area contributed by atoms with Gasteiger partial charge in [0.25, 0.3) is 5.91 Å². The number of nitrogens with zero attached hydrogens (tertiary/aromatic N) is 2. The fraction of sp³-hybridized carbons (Fsp3) is 0.143. The first-order valence-corrected chi connectivity index (χ1v) is 9.04. The van der Waals surface area contributed by atoms with E-state index >= 15 is 0 Å². The summed E-state index contributed by atoms with van der Waals surface area (Å²) in [6.45, 7) is 2.76. The van der Waals surface area contributed by atoms with Gasteiger partial charge < -0.3 is 4.74 Å². The minimum Gasteiger partial charge on any atom is -0.481 e. The zero-order valence-corrected chi connectivity index (χ0v) is 15.2. The van der Waals surface area contributed by atoms with Crippen molar-refractivity contribution < 1.29 is 9.53 Å². The van der Waals surface area contributed by atoms with Gasteiger partial charge in [-0.05, 0) is 54.6 Å². The first-order valence-electron chi connectivity index (χ1n) is 8.22. The van der Waals surface area contributed by atoms with Gasteiger partial charge in [0.05, 0.1) is 10.6 Å². The topological polar surface area (TPSA) is 41.9 Å². The van der Waals surface area contributed by atoms with Crippen molar-refractivity contribution in [3.8, 4) is 18.1 Å². The van der Waals surface area contributed by atoms with Crippen LogP contribution in [0.3, 0.4) is 0 Å². The maximum Gasteiger partial charge on any atom is 0.266 e. The Morgan fingerprint density at radius 3 is 2.58 bits per heavy atom. The van der Waals surface area contributed by atoms with Crippen molar-refractivity contribution in [2.45, 2.75) is 6.92 Å². The van der Waals surface area contributed by atoms with Gasteiger partial charge in [-0.15, -0.1) is 6.42 Å². The van der Waals surface area contributed by atoms with E-state index in [1.54, 1.807) is 4.90 Å². The quantitative estimate of drug-likeness (QED) is 0.587. The van der Waals surface area contributed by atoms with Gasteiger partial charge in [-0.25, -0.2) is 4.99 Å². The molecule has 0 bridgehead atoms. The van der Waals surface area contributed by atoms with Gasteiger partial charge in [0.15, 0.2) is 5.17 Å². The Balaban J connectivity index is 1.82. The molecule has 0 radical (unpaired) electrons. The summed E-state index contributed by atoms with van der Waals surface area (Å²) in [5.41, 5.74) is 1.75. The summed E-state index contributed by atoms with van der Waals surface area (Å²) >= 11 is 1.39. The molecule has 1 aliphatic rings. The number of rotatable bonds is 5. The van der Waals surface area contributed by atoms with Crippen LogP contribution in [0.2, 0.25) is 0 Å². The minimum absolute atomic E-state index is 0.0279. The van der Waals surface area contributed by atoms with Crippen molar-refractivity contribution in [2.24, 2.45) is 4.99 Å². The van der Waals surface area contributed by atoms with E-state index in [1.165, 1.54) is 11.8 Å². The Bertz CT molecular complexity index is 880. The third-order valence-electron chi connectivity index (χ3n) is 3.69. The lowest BCUT2D eigenvalue weighted by atomic mass is 10.2. The largest absolute Gasteiger partial charge is 0.481 e. The number of aliphatic imine (C=N–C) groups is 1. The second-order valence-electron chi connectivity index (χ2n) is 5.45. The molecule has 0 atom stereocenters. The van der Waals surface area contributed by atoms with E-state index in [0.29, 0.717) is 22.4 Å². The number of likely N-dealkylation sites (N-methyl/N-ethyl adjacent to an activating group) is 1. The van der Waals surface area contributed by atoms with Gasteiger partial charge >= 0.3 is 0 Å². The first-order chi connectivity index (χ1) is 12.7. The Morgan fingerprint density at radius 2 is 1.92 bits per heavy atom. The summed E-state index contributed by atoms with van der Waals surface area (Å²) in [4.78, 5) is 19.6. The molecule has 0 aromatic heterocycles. The number of hydrogen-bond donors (Lipinski definition) is 0. The van der Waals surface area contributed by atoms with Crippen molar-refractivity contribution in [1.29, 1.82) is 0 Å². The Hall–Kier alpha value is -2.97. The summed E-state index contributed by atoms with van der Waals surface area (Å²) in [5, 5.41) is 0.698. The van der Waals surface area contributed by atoms with Crippen molar-refractivity contribution in [3.63, 3.8) is 0 Å².